The maximum atomic E-state index is 10.8. The van der Waals surface area contributed by atoms with Crippen LogP contribution in [-0.4, -0.2) is 25.8 Å². The van der Waals surface area contributed by atoms with Crippen molar-refractivity contribution in [2.45, 2.75) is 0 Å². The summed E-state index contributed by atoms with van der Waals surface area (Å²) in [6, 6.07) is 5.32. The number of fused-ring (bicyclic) bond motifs is 1. The van der Waals surface area contributed by atoms with Crippen molar-refractivity contribution in [3.8, 4) is 5.82 Å². The number of rotatable bonds is 2. The van der Waals surface area contributed by atoms with Gasteiger partial charge in [0.15, 0.2) is 11.5 Å². The van der Waals surface area contributed by atoms with Gasteiger partial charge in [-0.25, -0.2) is 14.5 Å². The fraction of sp³-hybridized carbons (Fsp3) is 0. The Labute approximate surface area is 100.0 Å². The van der Waals surface area contributed by atoms with E-state index in [1.54, 1.807) is 23.7 Å². The van der Waals surface area contributed by atoms with Gasteiger partial charge in [-0.15, -0.1) is 11.3 Å². The lowest BCUT2D eigenvalue weighted by Gasteiger charge is -2.01. The number of hydrogen-bond acceptors (Lipinski definition) is 4. The van der Waals surface area contributed by atoms with E-state index < -0.39 is 5.97 Å². The van der Waals surface area contributed by atoms with Crippen molar-refractivity contribution >= 4 is 27.4 Å². The van der Waals surface area contributed by atoms with E-state index in [1.807, 2.05) is 17.5 Å². The minimum absolute atomic E-state index is 0.0130. The first-order valence-electron chi connectivity index (χ1n) is 4.87. The second kappa shape index (κ2) is 3.67. The number of hydrogen-bond donors (Lipinski definition) is 1. The van der Waals surface area contributed by atoms with Gasteiger partial charge in [-0.2, -0.15) is 5.10 Å². The smallest absolute Gasteiger partial charge is 0.356 e. The highest BCUT2D eigenvalue weighted by Crippen LogP contribution is 2.24. The zero-order chi connectivity index (χ0) is 11.8. The summed E-state index contributed by atoms with van der Waals surface area (Å²) in [7, 11) is 0. The van der Waals surface area contributed by atoms with E-state index in [4.69, 9.17) is 5.11 Å². The monoisotopic (exact) mass is 245 g/mol. The van der Waals surface area contributed by atoms with Gasteiger partial charge in [0, 0.05) is 22.5 Å². The molecule has 1 N–H and O–H groups in total. The largest absolute Gasteiger partial charge is 0.476 e. The Hall–Kier alpha value is -2.21. The summed E-state index contributed by atoms with van der Waals surface area (Å²) in [6.07, 6.45) is 3.29. The molecule has 0 atom stereocenters. The lowest BCUT2D eigenvalue weighted by molar-refractivity contribution is 0.0690. The number of aromatic carboxylic acids is 1. The third-order valence-electron chi connectivity index (χ3n) is 2.38. The molecule has 0 radical (unpaired) electrons. The number of thiophene rings is 1. The second-order valence-corrected chi connectivity index (χ2v) is 4.37. The Morgan fingerprint density at radius 2 is 2.24 bits per heavy atom. The van der Waals surface area contributed by atoms with Crippen LogP contribution in [0.5, 0.6) is 0 Å². The van der Waals surface area contributed by atoms with Gasteiger partial charge in [-0.3, -0.25) is 0 Å². The highest BCUT2D eigenvalue weighted by Gasteiger charge is 2.10. The molecule has 0 amide bonds. The lowest BCUT2D eigenvalue weighted by Crippen LogP contribution is -2.02. The van der Waals surface area contributed by atoms with Crippen LogP contribution in [0, 0.1) is 0 Å². The zero-order valence-corrected chi connectivity index (χ0v) is 9.39. The number of pyridine rings is 1. The van der Waals surface area contributed by atoms with Gasteiger partial charge in [0.25, 0.3) is 0 Å². The fourth-order valence-electron chi connectivity index (χ4n) is 1.62. The maximum absolute atomic E-state index is 10.8. The molecule has 0 fully saturated rings. The second-order valence-electron chi connectivity index (χ2n) is 3.42. The first kappa shape index (κ1) is 9.98. The molecule has 3 aromatic rings. The predicted octanol–water partition coefficient (Wildman–Crippen LogP) is 2.18. The summed E-state index contributed by atoms with van der Waals surface area (Å²) < 4.78 is 2.58. The Bertz CT molecular complexity index is 701. The Morgan fingerprint density at radius 3 is 3.00 bits per heavy atom. The van der Waals surface area contributed by atoms with E-state index in [0.717, 1.165) is 10.1 Å². The summed E-state index contributed by atoms with van der Waals surface area (Å²) in [6.45, 7) is 0. The van der Waals surface area contributed by atoms with Gasteiger partial charge in [-0.1, -0.05) is 0 Å². The van der Waals surface area contributed by atoms with Gasteiger partial charge in [0.2, 0.25) is 0 Å². The average Bonchev–Trinajstić information content (AvgIpc) is 2.97. The molecule has 17 heavy (non-hydrogen) atoms. The van der Waals surface area contributed by atoms with Gasteiger partial charge in [0.05, 0.1) is 0 Å². The van der Waals surface area contributed by atoms with Crippen LogP contribution < -0.4 is 0 Å². The summed E-state index contributed by atoms with van der Waals surface area (Å²) in [5.74, 6) is -0.391. The highest BCUT2D eigenvalue weighted by molar-refractivity contribution is 7.17. The quantitative estimate of drug-likeness (QED) is 0.751. The normalized spacial score (nSPS) is 10.8. The summed E-state index contributed by atoms with van der Waals surface area (Å²) >= 11 is 1.61. The van der Waals surface area contributed by atoms with Crippen LogP contribution in [0.15, 0.2) is 36.0 Å². The van der Waals surface area contributed by atoms with Gasteiger partial charge in [-0.05, 0) is 23.6 Å². The third-order valence-corrected chi connectivity index (χ3v) is 3.27. The van der Waals surface area contributed by atoms with E-state index in [9.17, 15) is 4.79 Å². The van der Waals surface area contributed by atoms with Crippen LogP contribution in [-0.2, 0) is 0 Å². The molecule has 3 aromatic heterocycles. The summed E-state index contributed by atoms with van der Waals surface area (Å²) in [5.41, 5.74) is 0.0130. The third kappa shape index (κ3) is 1.58. The van der Waals surface area contributed by atoms with Crippen LogP contribution in [0.25, 0.3) is 15.9 Å². The van der Waals surface area contributed by atoms with Crippen molar-refractivity contribution in [2.75, 3.05) is 0 Å². The number of carbonyl (C=O) groups is 1. The molecule has 0 aromatic carbocycles. The molecular formula is C11H7N3O2S. The fourth-order valence-corrected chi connectivity index (χ4v) is 2.39. The molecule has 5 nitrogen and oxygen atoms in total. The minimum Gasteiger partial charge on any atom is -0.476 e. The number of carboxylic acids is 1. The number of carboxylic acid groups (broad SMARTS) is 1. The highest BCUT2D eigenvalue weighted by atomic mass is 32.1. The average molecular weight is 245 g/mol. The molecular weight excluding hydrogens is 238 g/mol. The van der Waals surface area contributed by atoms with E-state index in [2.05, 4.69) is 10.1 Å². The lowest BCUT2D eigenvalue weighted by atomic mass is 10.3. The molecule has 0 unspecified atom stereocenters. The molecule has 84 valence electrons. The molecule has 0 bridgehead atoms. The first-order chi connectivity index (χ1) is 8.25. The zero-order valence-electron chi connectivity index (χ0n) is 8.57. The van der Waals surface area contributed by atoms with E-state index >= 15 is 0 Å². The summed E-state index contributed by atoms with van der Waals surface area (Å²) in [4.78, 5) is 15.0. The van der Waals surface area contributed by atoms with Crippen molar-refractivity contribution in [2.24, 2.45) is 0 Å². The van der Waals surface area contributed by atoms with Crippen LogP contribution in [0.2, 0.25) is 0 Å². The van der Waals surface area contributed by atoms with Crippen molar-refractivity contribution in [1.82, 2.24) is 14.8 Å². The molecule has 3 heterocycles. The van der Waals surface area contributed by atoms with E-state index in [-0.39, 0.29) is 5.69 Å². The molecule has 0 saturated carbocycles. The Kier molecular flexibility index (Phi) is 2.15. The van der Waals surface area contributed by atoms with Crippen LogP contribution in [0.1, 0.15) is 10.5 Å². The van der Waals surface area contributed by atoms with Gasteiger partial charge >= 0.3 is 5.97 Å². The molecule has 6 heteroatoms. The van der Waals surface area contributed by atoms with E-state index in [1.165, 1.54) is 10.7 Å². The molecule has 0 aliphatic rings. The number of nitrogens with zero attached hydrogens (tertiary/aromatic N) is 3. The SMILES string of the molecule is O=C(O)c1ccn(-c2nccc3sccc23)n1. The van der Waals surface area contributed by atoms with E-state index in [0.29, 0.717) is 5.82 Å². The molecule has 0 saturated heterocycles. The Morgan fingerprint density at radius 1 is 1.35 bits per heavy atom. The van der Waals surface area contributed by atoms with Crippen molar-refractivity contribution < 1.29 is 9.90 Å². The molecule has 0 spiro atoms. The van der Waals surface area contributed by atoms with Crippen molar-refractivity contribution in [1.29, 1.82) is 0 Å². The van der Waals surface area contributed by atoms with Crippen LogP contribution in [0.4, 0.5) is 0 Å². The van der Waals surface area contributed by atoms with Crippen molar-refractivity contribution in [3.05, 3.63) is 41.7 Å². The molecule has 0 aliphatic heterocycles. The predicted molar refractivity (Wildman–Crippen MR) is 63.7 cm³/mol. The first-order valence-corrected chi connectivity index (χ1v) is 5.75. The standard InChI is InChI=1S/C11H7N3O2S/c15-11(16)8-2-5-14(13-8)10-7-3-6-17-9(7)1-4-12-10/h1-6H,(H,15,16). The van der Waals surface area contributed by atoms with Crippen LogP contribution >= 0.6 is 11.3 Å². The topological polar surface area (TPSA) is 68.0 Å². The molecule has 0 aliphatic carbocycles. The minimum atomic E-state index is -1.04. The van der Waals surface area contributed by atoms with Crippen molar-refractivity contribution in [3.63, 3.8) is 0 Å². The van der Waals surface area contributed by atoms with Gasteiger partial charge < -0.3 is 5.11 Å². The number of aromatic nitrogens is 3. The molecule has 3 rings (SSSR count). The van der Waals surface area contributed by atoms with Crippen LogP contribution in [0.3, 0.4) is 0 Å². The maximum Gasteiger partial charge on any atom is 0.356 e. The summed E-state index contributed by atoms with van der Waals surface area (Å²) in [5, 5.41) is 15.7. The van der Waals surface area contributed by atoms with Gasteiger partial charge in [0.1, 0.15) is 0 Å². The Balaban J connectivity index is 2.19.